The number of carbonyl (C=O) groups excluding carboxylic acids is 1. The summed E-state index contributed by atoms with van der Waals surface area (Å²) in [4.78, 5) is 11.9. The van der Waals surface area contributed by atoms with Crippen LogP contribution in [0.2, 0.25) is 5.02 Å². The third-order valence-electron chi connectivity index (χ3n) is 5.52. The molecule has 0 spiro atoms. The molecule has 1 saturated heterocycles. The zero-order valence-electron chi connectivity index (χ0n) is 18.0. The van der Waals surface area contributed by atoms with Gasteiger partial charge in [0.15, 0.2) is 0 Å². The third-order valence-corrected chi connectivity index (χ3v) is 7.64. The normalized spacial score (nSPS) is 19.3. The standard InChI is InChI=1S/C22H27ClN2O6S/c1-29-18-8-9-19(30-2)20(12-18)32(27,28)25-11-3-10-22(14-25,13-21(24)26)15-31-17-6-4-16(23)5-7-17/h4-9,12H,3,10-11,13-15H2,1-2H3,(H2,24,26). The van der Waals surface area contributed by atoms with Gasteiger partial charge >= 0.3 is 0 Å². The van der Waals surface area contributed by atoms with Gasteiger partial charge in [-0.25, -0.2) is 8.42 Å². The van der Waals surface area contributed by atoms with Gasteiger partial charge in [0.2, 0.25) is 15.9 Å². The summed E-state index contributed by atoms with van der Waals surface area (Å²) in [5.41, 5.74) is 4.77. The summed E-state index contributed by atoms with van der Waals surface area (Å²) in [6.45, 7) is 0.537. The van der Waals surface area contributed by atoms with Crippen LogP contribution >= 0.6 is 11.6 Å². The predicted octanol–water partition coefficient (Wildman–Crippen LogP) is 3.08. The molecule has 1 aliphatic heterocycles. The highest BCUT2D eigenvalue weighted by atomic mass is 35.5. The van der Waals surface area contributed by atoms with Gasteiger partial charge in [-0.15, -0.1) is 0 Å². The summed E-state index contributed by atoms with van der Waals surface area (Å²) in [5, 5.41) is 0.575. The minimum atomic E-state index is -3.93. The van der Waals surface area contributed by atoms with Crippen LogP contribution in [0.1, 0.15) is 19.3 Å². The van der Waals surface area contributed by atoms with E-state index < -0.39 is 21.3 Å². The first-order valence-corrected chi connectivity index (χ1v) is 11.9. The molecule has 1 aliphatic rings. The van der Waals surface area contributed by atoms with E-state index in [1.54, 1.807) is 36.4 Å². The molecule has 0 radical (unpaired) electrons. The van der Waals surface area contributed by atoms with Crippen molar-refractivity contribution in [3.8, 4) is 17.2 Å². The van der Waals surface area contributed by atoms with Crippen molar-refractivity contribution in [1.29, 1.82) is 0 Å². The van der Waals surface area contributed by atoms with Gasteiger partial charge in [-0.3, -0.25) is 4.79 Å². The summed E-state index contributed by atoms with van der Waals surface area (Å²) in [6.07, 6.45) is 1.16. The highest BCUT2D eigenvalue weighted by Crippen LogP contribution is 2.39. The first-order valence-electron chi connectivity index (χ1n) is 10.1. The van der Waals surface area contributed by atoms with E-state index in [1.165, 1.54) is 24.6 Å². The average Bonchev–Trinajstić information content (AvgIpc) is 2.78. The van der Waals surface area contributed by atoms with E-state index in [9.17, 15) is 13.2 Å². The number of amides is 1. The number of ether oxygens (including phenoxy) is 3. The Morgan fingerprint density at radius 1 is 1.12 bits per heavy atom. The second-order valence-corrected chi connectivity index (χ2v) is 10.2. The molecule has 0 aromatic heterocycles. The lowest BCUT2D eigenvalue weighted by Crippen LogP contribution is -2.50. The van der Waals surface area contributed by atoms with Crippen LogP contribution in [-0.2, 0) is 14.8 Å². The molecule has 2 N–H and O–H groups in total. The van der Waals surface area contributed by atoms with Crippen molar-refractivity contribution in [2.45, 2.75) is 24.2 Å². The van der Waals surface area contributed by atoms with Gasteiger partial charge in [-0.1, -0.05) is 11.6 Å². The molecule has 0 bridgehead atoms. The van der Waals surface area contributed by atoms with Crippen molar-refractivity contribution in [2.24, 2.45) is 11.1 Å². The molecular weight excluding hydrogens is 456 g/mol. The Kier molecular flexibility index (Phi) is 7.53. The molecule has 1 fully saturated rings. The number of methoxy groups -OCH3 is 2. The minimum Gasteiger partial charge on any atom is -0.497 e. The van der Waals surface area contributed by atoms with Crippen molar-refractivity contribution in [2.75, 3.05) is 33.9 Å². The Morgan fingerprint density at radius 2 is 1.81 bits per heavy atom. The quantitative estimate of drug-likeness (QED) is 0.588. The zero-order valence-corrected chi connectivity index (χ0v) is 19.6. The van der Waals surface area contributed by atoms with Crippen LogP contribution < -0.4 is 19.9 Å². The lowest BCUT2D eigenvalue weighted by Gasteiger charge is -2.41. The highest BCUT2D eigenvalue weighted by molar-refractivity contribution is 7.89. The molecule has 2 aromatic carbocycles. The molecular formula is C22H27ClN2O6S. The van der Waals surface area contributed by atoms with E-state index in [-0.39, 0.29) is 30.2 Å². The predicted molar refractivity (Wildman–Crippen MR) is 121 cm³/mol. The minimum absolute atomic E-state index is 0.00184. The molecule has 2 aromatic rings. The van der Waals surface area contributed by atoms with E-state index in [2.05, 4.69) is 0 Å². The topological polar surface area (TPSA) is 108 Å². The maximum absolute atomic E-state index is 13.5. The van der Waals surface area contributed by atoms with E-state index in [4.69, 9.17) is 31.5 Å². The smallest absolute Gasteiger partial charge is 0.246 e. The molecule has 174 valence electrons. The second-order valence-electron chi connectivity index (χ2n) is 7.84. The van der Waals surface area contributed by atoms with Gasteiger partial charge in [0.05, 0.1) is 20.8 Å². The Labute approximate surface area is 193 Å². The second kappa shape index (κ2) is 9.97. The van der Waals surface area contributed by atoms with Crippen molar-refractivity contribution < 1.29 is 27.4 Å². The molecule has 1 atom stereocenters. The molecule has 1 unspecified atom stereocenters. The molecule has 0 aliphatic carbocycles. The molecule has 0 saturated carbocycles. The Hall–Kier alpha value is -2.49. The molecule has 3 rings (SSSR count). The number of halogens is 1. The summed E-state index contributed by atoms with van der Waals surface area (Å²) >= 11 is 5.92. The highest BCUT2D eigenvalue weighted by Gasteiger charge is 2.42. The fourth-order valence-electron chi connectivity index (χ4n) is 3.94. The van der Waals surface area contributed by atoms with Crippen LogP contribution in [0.25, 0.3) is 0 Å². The third kappa shape index (κ3) is 5.46. The average molecular weight is 483 g/mol. The van der Waals surface area contributed by atoms with Gasteiger partial charge < -0.3 is 19.9 Å². The van der Waals surface area contributed by atoms with Gasteiger partial charge in [-0.05, 0) is 49.2 Å². The molecule has 8 nitrogen and oxygen atoms in total. The maximum atomic E-state index is 13.5. The number of carbonyl (C=O) groups is 1. The van der Waals surface area contributed by atoms with E-state index in [0.29, 0.717) is 35.9 Å². The molecule has 32 heavy (non-hydrogen) atoms. The molecule has 1 heterocycles. The molecule has 1 amide bonds. The number of sulfonamides is 1. The van der Waals surface area contributed by atoms with E-state index in [1.807, 2.05) is 0 Å². The van der Waals surface area contributed by atoms with E-state index in [0.717, 1.165) is 0 Å². The van der Waals surface area contributed by atoms with E-state index >= 15 is 0 Å². The SMILES string of the molecule is COc1ccc(OC)c(S(=O)(=O)N2CCCC(COc3ccc(Cl)cc3)(CC(N)=O)C2)c1. The molecule has 10 heteroatoms. The first kappa shape index (κ1) is 24.2. The number of rotatable bonds is 9. The number of piperidine rings is 1. The first-order chi connectivity index (χ1) is 15.2. The largest absolute Gasteiger partial charge is 0.497 e. The van der Waals surface area contributed by atoms with Crippen LogP contribution in [-0.4, -0.2) is 52.5 Å². The van der Waals surface area contributed by atoms with Gasteiger partial charge in [-0.2, -0.15) is 4.31 Å². The lowest BCUT2D eigenvalue weighted by molar-refractivity contribution is -0.121. The fourth-order valence-corrected chi connectivity index (χ4v) is 5.83. The maximum Gasteiger partial charge on any atom is 0.246 e. The van der Waals surface area contributed by atoms with Gasteiger partial charge in [0, 0.05) is 36.0 Å². The Morgan fingerprint density at radius 3 is 2.44 bits per heavy atom. The zero-order chi connectivity index (χ0) is 23.4. The number of hydrogen-bond donors (Lipinski definition) is 1. The van der Waals surface area contributed by atoms with Crippen LogP contribution in [0.15, 0.2) is 47.4 Å². The summed E-state index contributed by atoms with van der Waals surface area (Å²) in [7, 11) is -1.06. The van der Waals surface area contributed by atoms with Crippen molar-refractivity contribution >= 4 is 27.5 Å². The summed E-state index contributed by atoms with van der Waals surface area (Å²) in [6, 6.07) is 11.5. The number of benzene rings is 2. The van der Waals surface area contributed by atoms with Gasteiger partial charge in [0.1, 0.15) is 22.1 Å². The number of hydrogen-bond acceptors (Lipinski definition) is 6. The fraction of sp³-hybridized carbons (Fsp3) is 0.409. The van der Waals surface area contributed by atoms with Gasteiger partial charge in [0.25, 0.3) is 0 Å². The van der Waals surface area contributed by atoms with Crippen LogP contribution in [0.5, 0.6) is 17.2 Å². The van der Waals surface area contributed by atoms with Crippen LogP contribution in [0.3, 0.4) is 0 Å². The van der Waals surface area contributed by atoms with Crippen LogP contribution in [0.4, 0.5) is 0 Å². The number of primary amides is 1. The summed E-state index contributed by atoms with van der Waals surface area (Å²) in [5.74, 6) is 0.681. The van der Waals surface area contributed by atoms with Crippen molar-refractivity contribution in [3.63, 3.8) is 0 Å². The van der Waals surface area contributed by atoms with Crippen molar-refractivity contribution in [3.05, 3.63) is 47.5 Å². The van der Waals surface area contributed by atoms with Crippen LogP contribution in [0, 0.1) is 5.41 Å². The monoisotopic (exact) mass is 482 g/mol. The summed E-state index contributed by atoms with van der Waals surface area (Å²) < 4.78 is 44.8. The lowest BCUT2D eigenvalue weighted by atomic mass is 9.78. The number of nitrogens with zero attached hydrogens (tertiary/aromatic N) is 1. The number of nitrogens with two attached hydrogens (primary N) is 1. The Bertz CT molecular complexity index is 1060. The Balaban J connectivity index is 1.89. The van der Waals surface area contributed by atoms with Crippen molar-refractivity contribution in [1.82, 2.24) is 4.31 Å².